The minimum Gasteiger partial charge on any atom is -0.478 e. The first-order valence-electron chi connectivity index (χ1n) is 10.1. The smallest absolute Gasteiger partial charge is 0.286 e. The first-order valence-corrected chi connectivity index (χ1v) is 11.5. The molecule has 0 unspecified atom stereocenters. The van der Waals surface area contributed by atoms with Gasteiger partial charge >= 0.3 is 0 Å². The zero-order valence-electron chi connectivity index (χ0n) is 17.3. The normalized spacial score (nSPS) is 20.3. The molecule has 2 aliphatic heterocycles. The molecule has 31 heavy (non-hydrogen) atoms. The van der Waals surface area contributed by atoms with E-state index in [-0.39, 0.29) is 22.5 Å². The van der Waals surface area contributed by atoms with Gasteiger partial charge in [0, 0.05) is 19.0 Å². The highest BCUT2D eigenvalue weighted by atomic mass is 32.2. The molecule has 9 heteroatoms. The summed E-state index contributed by atoms with van der Waals surface area (Å²) >= 11 is 0. The molecule has 2 aromatic rings. The van der Waals surface area contributed by atoms with Gasteiger partial charge in [-0.15, -0.1) is 4.40 Å². The van der Waals surface area contributed by atoms with E-state index in [9.17, 15) is 17.6 Å². The van der Waals surface area contributed by atoms with Crippen LogP contribution in [0.25, 0.3) is 0 Å². The summed E-state index contributed by atoms with van der Waals surface area (Å²) in [6.07, 6.45) is 1.43. The third-order valence-electron chi connectivity index (χ3n) is 5.44. The second-order valence-corrected chi connectivity index (χ2v) is 9.80. The number of nitrogens with one attached hydrogen (secondary N) is 1. The Hall–Kier alpha value is -2.94. The summed E-state index contributed by atoms with van der Waals surface area (Å²) in [6, 6.07) is 12.1. The Balaban J connectivity index is 1.50. The molecule has 4 rings (SSSR count). The average molecular weight is 446 g/mol. The second-order valence-electron chi connectivity index (χ2n) is 8.23. The van der Waals surface area contributed by atoms with Crippen molar-refractivity contribution in [2.45, 2.75) is 37.2 Å². The van der Waals surface area contributed by atoms with Crippen LogP contribution >= 0.6 is 0 Å². The van der Waals surface area contributed by atoms with Crippen LogP contribution in [-0.2, 0) is 14.8 Å². The summed E-state index contributed by atoms with van der Waals surface area (Å²) in [5.41, 5.74) is -0.670. The average Bonchev–Trinajstić information content (AvgIpc) is 2.74. The topological polar surface area (TPSA) is 88.1 Å². The van der Waals surface area contributed by atoms with Gasteiger partial charge in [-0.1, -0.05) is 12.1 Å². The molecule has 7 nitrogen and oxygen atoms in total. The van der Waals surface area contributed by atoms with Crippen molar-refractivity contribution in [3.8, 4) is 5.75 Å². The quantitative estimate of drug-likeness (QED) is 0.779. The number of halogens is 1. The Kier molecular flexibility index (Phi) is 5.47. The zero-order valence-corrected chi connectivity index (χ0v) is 18.2. The van der Waals surface area contributed by atoms with E-state index >= 15 is 0 Å². The van der Waals surface area contributed by atoms with Crippen LogP contribution in [0.4, 0.5) is 10.1 Å². The van der Waals surface area contributed by atoms with Gasteiger partial charge in [0.05, 0.1) is 5.69 Å². The summed E-state index contributed by atoms with van der Waals surface area (Å²) in [5, 5.41) is 3.13. The van der Waals surface area contributed by atoms with Crippen LogP contribution in [0, 0.1) is 11.7 Å². The third kappa shape index (κ3) is 4.41. The Morgan fingerprint density at radius 2 is 1.90 bits per heavy atom. The number of piperidine rings is 1. The van der Waals surface area contributed by atoms with Crippen molar-refractivity contribution in [2.24, 2.45) is 10.3 Å². The Morgan fingerprint density at radius 3 is 2.65 bits per heavy atom. The van der Waals surface area contributed by atoms with Crippen molar-refractivity contribution in [3.63, 3.8) is 0 Å². The third-order valence-corrected chi connectivity index (χ3v) is 6.79. The zero-order chi connectivity index (χ0) is 22.2. The number of ether oxygens (including phenoxy) is 1. The van der Waals surface area contributed by atoms with E-state index in [1.165, 1.54) is 30.3 Å². The number of amidine groups is 1. The highest BCUT2D eigenvalue weighted by Crippen LogP contribution is 2.31. The van der Waals surface area contributed by atoms with Crippen LogP contribution in [0.3, 0.4) is 0 Å². The number of para-hydroxylation sites is 1. The predicted octanol–water partition coefficient (Wildman–Crippen LogP) is 3.43. The molecule has 164 valence electrons. The number of hydrogen-bond acceptors (Lipinski definition) is 5. The van der Waals surface area contributed by atoms with E-state index in [0.717, 1.165) is 0 Å². The number of sulfonamides is 1. The lowest BCUT2D eigenvalue weighted by atomic mass is 9.94. The lowest BCUT2D eigenvalue weighted by molar-refractivity contribution is -0.146. The van der Waals surface area contributed by atoms with Gasteiger partial charge in [-0.2, -0.15) is 8.42 Å². The number of amides is 1. The maximum absolute atomic E-state index is 13.2. The summed E-state index contributed by atoms with van der Waals surface area (Å²) in [5.74, 6) is -0.0842. The van der Waals surface area contributed by atoms with Crippen molar-refractivity contribution < 1.29 is 22.3 Å². The number of benzene rings is 2. The fraction of sp³-hybridized carbons (Fsp3) is 0.364. The second kappa shape index (κ2) is 7.96. The number of rotatable bonds is 4. The molecule has 0 spiro atoms. The van der Waals surface area contributed by atoms with Crippen LogP contribution in [0.2, 0.25) is 0 Å². The molecule has 2 aromatic carbocycles. The van der Waals surface area contributed by atoms with E-state index in [1.54, 1.807) is 36.9 Å². The van der Waals surface area contributed by atoms with Crippen molar-refractivity contribution >= 4 is 27.5 Å². The number of carbonyl (C=O) groups is 1. The highest BCUT2D eigenvalue weighted by molar-refractivity contribution is 7.90. The molecule has 0 aromatic heterocycles. The first kappa shape index (κ1) is 21.3. The summed E-state index contributed by atoms with van der Waals surface area (Å²) in [4.78, 5) is 15.0. The first-order chi connectivity index (χ1) is 14.7. The van der Waals surface area contributed by atoms with Gasteiger partial charge in [-0.05, 0) is 63.1 Å². The molecule has 1 atom stereocenters. The van der Waals surface area contributed by atoms with Gasteiger partial charge in [0.25, 0.3) is 15.9 Å². The van der Waals surface area contributed by atoms with Gasteiger partial charge in [0.2, 0.25) is 0 Å². The Labute approximate surface area is 181 Å². The molecule has 1 saturated heterocycles. The van der Waals surface area contributed by atoms with Gasteiger partial charge in [0.15, 0.2) is 5.60 Å². The predicted molar refractivity (Wildman–Crippen MR) is 115 cm³/mol. The van der Waals surface area contributed by atoms with Crippen molar-refractivity contribution in [3.05, 3.63) is 54.3 Å². The molecule has 0 bridgehead atoms. The largest absolute Gasteiger partial charge is 0.478 e. The van der Waals surface area contributed by atoms with Crippen LogP contribution < -0.4 is 10.1 Å². The van der Waals surface area contributed by atoms with E-state index < -0.39 is 15.6 Å². The number of fused-ring (bicyclic) bond motifs is 1. The summed E-state index contributed by atoms with van der Waals surface area (Å²) in [7, 11) is -3.78. The van der Waals surface area contributed by atoms with Crippen molar-refractivity contribution in [2.75, 3.05) is 18.4 Å². The van der Waals surface area contributed by atoms with E-state index in [2.05, 4.69) is 9.71 Å². The van der Waals surface area contributed by atoms with Crippen LogP contribution in [0.1, 0.15) is 26.7 Å². The minimum atomic E-state index is -3.78. The van der Waals surface area contributed by atoms with E-state index in [4.69, 9.17) is 4.74 Å². The van der Waals surface area contributed by atoms with Gasteiger partial charge < -0.3 is 15.0 Å². The lowest BCUT2D eigenvalue weighted by Crippen LogP contribution is -2.53. The maximum Gasteiger partial charge on any atom is 0.286 e. The van der Waals surface area contributed by atoms with Crippen molar-refractivity contribution in [1.29, 1.82) is 0 Å². The summed E-state index contributed by atoms with van der Waals surface area (Å²) < 4.78 is 48.1. The molecule has 1 fully saturated rings. The SMILES string of the molecule is CC(C)(Oc1ccc(F)cc1)C(=O)N1CCC[C@@H](C2=NS(=O)(=O)c3ccccc3N2)C1. The molecule has 1 N–H and O–H groups in total. The van der Waals surface area contributed by atoms with E-state index in [1.807, 2.05) is 0 Å². The minimum absolute atomic E-state index is 0.149. The molecule has 1 amide bonds. The van der Waals surface area contributed by atoms with E-state index in [0.29, 0.717) is 43.2 Å². The molecule has 0 radical (unpaired) electrons. The summed E-state index contributed by atoms with van der Waals surface area (Å²) in [6.45, 7) is 4.21. The van der Waals surface area contributed by atoms with Crippen LogP contribution in [0.15, 0.2) is 57.8 Å². The lowest BCUT2D eigenvalue weighted by Gasteiger charge is -2.38. The molecular weight excluding hydrogens is 421 g/mol. The Morgan fingerprint density at radius 1 is 1.19 bits per heavy atom. The fourth-order valence-electron chi connectivity index (χ4n) is 3.92. The van der Waals surface area contributed by atoms with Crippen LogP contribution in [0.5, 0.6) is 5.75 Å². The number of carbonyl (C=O) groups excluding carboxylic acids is 1. The monoisotopic (exact) mass is 445 g/mol. The number of anilines is 1. The standard InChI is InChI=1S/C22H24FN3O4S/c1-22(2,30-17-11-9-16(23)10-12-17)21(27)26-13-5-6-15(14-26)20-24-18-7-3-4-8-19(18)31(28,29)25-20/h3-4,7-12,15H,5-6,13-14H2,1-2H3,(H,24,25)/t15-/m1/s1. The molecule has 2 aliphatic rings. The van der Waals surface area contributed by atoms with Gasteiger partial charge in [0.1, 0.15) is 22.3 Å². The Bertz CT molecular complexity index is 1130. The molecule has 0 saturated carbocycles. The van der Waals surface area contributed by atoms with Gasteiger partial charge in [-0.3, -0.25) is 4.79 Å². The number of likely N-dealkylation sites (tertiary alicyclic amines) is 1. The number of nitrogens with zero attached hydrogens (tertiary/aromatic N) is 2. The highest BCUT2D eigenvalue weighted by Gasteiger charge is 2.38. The molecule has 0 aliphatic carbocycles. The molecule has 2 heterocycles. The van der Waals surface area contributed by atoms with Crippen molar-refractivity contribution in [1.82, 2.24) is 4.90 Å². The maximum atomic E-state index is 13.2. The fourth-order valence-corrected chi connectivity index (χ4v) is 5.12. The van der Waals surface area contributed by atoms with Crippen LogP contribution in [-0.4, -0.2) is 43.8 Å². The number of hydrogen-bond donors (Lipinski definition) is 1. The molecular formula is C22H24FN3O4S. The van der Waals surface area contributed by atoms with Gasteiger partial charge in [-0.25, -0.2) is 4.39 Å².